The van der Waals surface area contributed by atoms with Crippen molar-refractivity contribution < 1.29 is 14.6 Å². The lowest BCUT2D eigenvalue weighted by atomic mass is 10.2. The second-order valence-electron chi connectivity index (χ2n) is 3.27. The lowest BCUT2D eigenvalue weighted by Gasteiger charge is -2.04. The minimum absolute atomic E-state index is 0.0158. The molecular formula is C12H10N2O3. The van der Waals surface area contributed by atoms with E-state index >= 15 is 0 Å². The number of hydrogen-bond acceptors (Lipinski definition) is 5. The second-order valence-corrected chi connectivity index (χ2v) is 3.27. The molecule has 2 heterocycles. The van der Waals surface area contributed by atoms with Gasteiger partial charge in [-0.2, -0.15) is 0 Å². The summed E-state index contributed by atoms with van der Waals surface area (Å²) in [5, 5.41) is 9.63. The Labute approximate surface area is 97.7 Å². The van der Waals surface area contributed by atoms with Crippen LogP contribution in [0, 0.1) is 0 Å². The third-order valence-electron chi connectivity index (χ3n) is 2.17. The highest BCUT2D eigenvalue weighted by atomic mass is 16.5. The Balaban J connectivity index is 2.47. The summed E-state index contributed by atoms with van der Waals surface area (Å²) in [4.78, 5) is 19.4. The van der Waals surface area contributed by atoms with Gasteiger partial charge >= 0.3 is 5.97 Å². The Morgan fingerprint density at radius 3 is 2.82 bits per heavy atom. The average molecular weight is 230 g/mol. The van der Waals surface area contributed by atoms with Gasteiger partial charge in [-0.3, -0.25) is 4.98 Å². The molecule has 1 N–H and O–H groups in total. The van der Waals surface area contributed by atoms with Crippen LogP contribution in [0.2, 0.25) is 0 Å². The fourth-order valence-electron chi connectivity index (χ4n) is 1.38. The van der Waals surface area contributed by atoms with Crippen LogP contribution in [0.4, 0.5) is 0 Å². The predicted molar refractivity (Wildman–Crippen MR) is 60.5 cm³/mol. The maximum atomic E-state index is 11.3. The van der Waals surface area contributed by atoms with E-state index in [-0.39, 0.29) is 11.4 Å². The lowest BCUT2D eigenvalue weighted by Crippen LogP contribution is -2.04. The summed E-state index contributed by atoms with van der Waals surface area (Å²) in [6.45, 7) is 0. The molecule has 0 amide bonds. The largest absolute Gasteiger partial charge is 0.506 e. The molecule has 0 bridgehead atoms. The first-order chi connectivity index (χ1) is 8.22. The lowest BCUT2D eigenvalue weighted by molar-refractivity contribution is 0.0594. The van der Waals surface area contributed by atoms with Crippen LogP contribution in [0.3, 0.4) is 0 Å². The summed E-state index contributed by atoms with van der Waals surface area (Å²) in [5.41, 5.74) is 0.930. The van der Waals surface area contributed by atoms with E-state index in [2.05, 4.69) is 14.7 Å². The van der Waals surface area contributed by atoms with E-state index < -0.39 is 5.97 Å². The maximum absolute atomic E-state index is 11.3. The molecule has 2 aromatic heterocycles. The molecule has 0 radical (unpaired) electrons. The Bertz CT molecular complexity index is 555. The van der Waals surface area contributed by atoms with Gasteiger partial charge in [0.05, 0.1) is 12.8 Å². The summed E-state index contributed by atoms with van der Waals surface area (Å²) in [6, 6.07) is 7.98. The fraction of sp³-hybridized carbons (Fsp3) is 0.0833. The van der Waals surface area contributed by atoms with Crippen LogP contribution in [0.15, 0.2) is 36.5 Å². The number of esters is 1. The molecule has 0 atom stereocenters. The van der Waals surface area contributed by atoms with E-state index in [0.29, 0.717) is 11.4 Å². The van der Waals surface area contributed by atoms with Crippen molar-refractivity contribution in [1.29, 1.82) is 0 Å². The van der Waals surface area contributed by atoms with Crippen molar-refractivity contribution in [3.63, 3.8) is 0 Å². The summed E-state index contributed by atoms with van der Waals surface area (Å²) in [6.07, 6.45) is 1.54. The van der Waals surface area contributed by atoms with Crippen LogP contribution in [-0.2, 0) is 4.74 Å². The maximum Gasteiger partial charge on any atom is 0.356 e. The molecule has 2 rings (SSSR count). The highest BCUT2D eigenvalue weighted by Crippen LogP contribution is 2.24. The molecular weight excluding hydrogens is 220 g/mol. The van der Waals surface area contributed by atoms with E-state index in [1.165, 1.54) is 19.2 Å². The van der Waals surface area contributed by atoms with Gasteiger partial charge in [0, 0.05) is 6.20 Å². The van der Waals surface area contributed by atoms with Crippen LogP contribution >= 0.6 is 0 Å². The number of carbonyl (C=O) groups excluding carboxylic acids is 1. The van der Waals surface area contributed by atoms with Gasteiger partial charge in [0.15, 0.2) is 0 Å². The van der Waals surface area contributed by atoms with E-state index in [1.807, 2.05) is 0 Å². The monoisotopic (exact) mass is 230 g/mol. The van der Waals surface area contributed by atoms with E-state index in [1.54, 1.807) is 24.4 Å². The van der Waals surface area contributed by atoms with Gasteiger partial charge in [-0.25, -0.2) is 9.78 Å². The summed E-state index contributed by atoms with van der Waals surface area (Å²) >= 11 is 0. The third-order valence-corrected chi connectivity index (χ3v) is 2.17. The molecule has 86 valence electrons. The topological polar surface area (TPSA) is 72.3 Å². The van der Waals surface area contributed by atoms with Crippen LogP contribution in [0.25, 0.3) is 11.4 Å². The van der Waals surface area contributed by atoms with Crippen LogP contribution < -0.4 is 0 Å². The molecule has 0 aromatic carbocycles. The van der Waals surface area contributed by atoms with Crippen molar-refractivity contribution in [2.24, 2.45) is 0 Å². The number of ether oxygens (including phenoxy) is 1. The molecule has 0 aliphatic rings. The summed E-state index contributed by atoms with van der Waals surface area (Å²) in [7, 11) is 1.29. The Hall–Kier alpha value is -2.43. The number of pyridine rings is 2. The molecule has 0 saturated carbocycles. The van der Waals surface area contributed by atoms with Gasteiger partial charge in [0.25, 0.3) is 0 Å². The van der Waals surface area contributed by atoms with Crippen molar-refractivity contribution in [3.8, 4) is 17.1 Å². The van der Waals surface area contributed by atoms with Crippen molar-refractivity contribution in [3.05, 3.63) is 42.2 Å². The van der Waals surface area contributed by atoms with Crippen molar-refractivity contribution in [2.75, 3.05) is 7.11 Å². The normalized spacial score (nSPS) is 9.94. The molecule has 0 unspecified atom stereocenters. The number of methoxy groups -OCH3 is 1. The van der Waals surface area contributed by atoms with Crippen molar-refractivity contribution in [2.45, 2.75) is 0 Å². The number of aromatic hydroxyl groups is 1. The molecule has 5 heteroatoms. The van der Waals surface area contributed by atoms with Crippen LogP contribution in [0.1, 0.15) is 10.5 Å². The van der Waals surface area contributed by atoms with E-state index in [0.717, 1.165) is 0 Å². The summed E-state index contributed by atoms with van der Waals surface area (Å²) < 4.78 is 4.57. The molecule has 0 aliphatic carbocycles. The molecule has 0 fully saturated rings. The van der Waals surface area contributed by atoms with Crippen LogP contribution in [-0.4, -0.2) is 28.2 Å². The van der Waals surface area contributed by atoms with Gasteiger partial charge in [0.1, 0.15) is 17.1 Å². The number of aromatic nitrogens is 2. The number of nitrogens with zero attached hydrogens (tertiary/aromatic N) is 2. The van der Waals surface area contributed by atoms with Gasteiger partial charge in [-0.15, -0.1) is 0 Å². The molecule has 5 nitrogen and oxygen atoms in total. The fourth-order valence-corrected chi connectivity index (χ4v) is 1.38. The zero-order valence-electron chi connectivity index (χ0n) is 9.12. The second kappa shape index (κ2) is 4.61. The minimum atomic E-state index is -0.526. The van der Waals surface area contributed by atoms with Crippen molar-refractivity contribution >= 4 is 5.97 Å². The quantitative estimate of drug-likeness (QED) is 0.794. The Kier molecular flexibility index (Phi) is 3.00. The highest BCUT2D eigenvalue weighted by molar-refractivity contribution is 5.87. The Morgan fingerprint density at radius 1 is 1.29 bits per heavy atom. The van der Waals surface area contributed by atoms with Gasteiger partial charge in [0.2, 0.25) is 0 Å². The summed E-state index contributed by atoms with van der Waals surface area (Å²) in [5.74, 6) is -0.510. The molecule has 2 aromatic rings. The minimum Gasteiger partial charge on any atom is -0.506 e. The first-order valence-corrected chi connectivity index (χ1v) is 4.92. The van der Waals surface area contributed by atoms with Gasteiger partial charge < -0.3 is 9.84 Å². The average Bonchev–Trinajstić information content (AvgIpc) is 2.38. The third kappa shape index (κ3) is 2.23. The van der Waals surface area contributed by atoms with E-state index in [9.17, 15) is 9.90 Å². The van der Waals surface area contributed by atoms with Gasteiger partial charge in [-0.1, -0.05) is 6.07 Å². The Morgan fingerprint density at radius 2 is 2.12 bits per heavy atom. The molecule has 0 spiro atoms. The molecule has 17 heavy (non-hydrogen) atoms. The van der Waals surface area contributed by atoms with Crippen LogP contribution in [0.5, 0.6) is 5.75 Å². The van der Waals surface area contributed by atoms with Crippen molar-refractivity contribution in [1.82, 2.24) is 9.97 Å². The molecule has 0 aliphatic heterocycles. The zero-order valence-corrected chi connectivity index (χ0v) is 9.12. The zero-order chi connectivity index (χ0) is 12.3. The number of rotatable bonds is 2. The molecule has 0 saturated heterocycles. The SMILES string of the molecule is COC(=O)c1cccc(-c2ncccc2O)n1. The number of hydrogen-bond donors (Lipinski definition) is 1. The predicted octanol–water partition coefficient (Wildman–Crippen LogP) is 1.64. The number of carbonyl (C=O) groups is 1. The highest BCUT2D eigenvalue weighted by Gasteiger charge is 2.11. The first-order valence-electron chi connectivity index (χ1n) is 4.92. The van der Waals surface area contributed by atoms with E-state index in [4.69, 9.17) is 0 Å². The van der Waals surface area contributed by atoms with Gasteiger partial charge in [-0.05, 0) is 24.3 Å². The smallest absolute Gasteiger partial charge is 0.356 e. The first kappa shape index (κ1) is 11.1. The standard InChI is InChI=1S/C12H10N2O3/c1-17-12(16)9-5-2-4-8(14-9)11-10(15)6-3-7-13-11/h2-7,15H,1H3.